The molecule has 17 heavy (non-hydrogen) atoms. The minimum absolute atomic E-state index is 0.257. The summed E-state index contributed by atoms with van der Waals surface area (Å²) in [5, 5.41) is 14.2. The topological polar surface area (TPSA) is 32.3 Å². The quantitative estimate of drug-likeness (QED) is 0.769. The zero-order valence-electron chi connectivity index (χ0n) is 9.73. The van der Waals surface area contributed by atoms with Crippen LogP contribution in [-0.4, -0.2) is 18.3 Å². The molecule has 0 atom stereocenters. The van der Waals surface area contributed by atoms with E-state index in [4.69, 9.17) is 5.11 Å². The summed E-state index contributed by atoms with van der Waals surface area (Å²) in [5.41, 5.74) is 2.56. The molecule has 1 aromatic carbocycles. The maximum Gasteiger partial charge on any atom is 0.0443 e. The van der Waals surface area contributed by atoms with Crippen LogP contribution in [0.15, 0.2) is 41.8 Å². The van der Waals surface area contributed by atoms with E-state index in [1.807, 2.05) is 6.07 Å². The van der Waals surface area contributed by atoms with Gasteiger partial charge in [0.05, 0.1) is 0 Å². The van der Waals surface area contributed by atoms with Gasteiger partial charge in [-0.1, -0.05) is 30.3 Å². The molecule has 0 bridgehead atoms. The molecule has 0 amide bonds. The van der Waals surface area contributed by atoms with Gasteiger partial charge in [-0.25, -0.2) is 0 Å². The van der Waals surface area contributed by atoms with Crippen molar-refractivity contribution in [2.45, 2.75) is 13.0 Å². The Morgan fingerprint density at radius 2 is 1.94 bits per heavy atom. The fourth-order valence-corrected chi connectivity index (χ4v) is 2.53. The molecule has 0 unspecified atom stereocenters. The van der Waals surface area contributed by atoms with Gasteiger partial charge in [0.1, 0.15) is 0 Å². The van der Waals surface area contributed by atoms with Crippen molar-refractivity contribution in [3.63, 3.8) is 0 Å². The highest BCUT2D eigenvalue weighted by Crippen LogP contribution is 2.25. The molecule has 2 aromatic rings. The summed E-state index contributed by atoms with van der Waals surface area (Å²) in [5.74, 6) is 0. The Kier molecular flexibility index (Phi) is 4.74. The Labute approximate surface area is 106 Å². The average Bonchev–Trinajstić information content (AvgIpc) is 2.85. The largest absolute Gasteiger partial charge is 0.396 e. The molecule has 0 aliphatic rings. The summed E-state index contributed by atoms with van der Waals surface area (Å²) in [6.45, 7) is 2.01. The van der Waals surface area contributed by atoms with Crippen LogP contribution in [-0.2, 0) is 6.54 Å². The van der Waals surface area contributed by atoms with Crippen LogP contribution in [0.2, 0.25) is 0 Å². The van der Waals surface area contributed by atoms with Gasteiger partial charge >= 0.3 is 0 Å². The van der Waals surface area contributed by atoms with Crippen LogP contribution >= 0.6 is 11.3 Å². The number of nitrogens with one attached hydrogen (secondary N) is 1. The second kappa shape index (κ2) is 6.55. The third kappa shape index (κ3) is 3.66. The molecule has 2 N–H and O–H groups in total. The third-order valence-electron chi connectivity index (χ3n) is 2.57. The van der Waals surface area contributed by atoms with Crippen LogP contribution in [0.1, 0.15) is 11.3 Å². The molecule has 0 saturated heterocycles. The summed E-state index contributed by atoms with van der Waals surface area (Å²) in [6, 6.07) is 12.6. The fraction of sp³-hybridized carbons (Fsp3) is 0.286. The van der Waals surface area contributed by atoms with Gasteiger partial charge in [-0.15, -0.1) is 11.3 Å². The first-order valence-electron chi connectivity index (χ1n) is 5.84. The summed E-state index contributed by atoms with van der Waals surface area (Å²) >= 11 is 1.78. The van der Waals surface area contributed by atoms with Crippen molar-refractivity contribution >= 4 is 11.3 Å². The average molecular weight is 247 g/mol. The smallest absolute Gasteiger partial charge is 0.0443 e. The number of benzene rings is 1. The van der Waals surface area contributed by atoms with Crippen molar-refractivity contribution in [2.24, 2.45) is 0 Å². The van der Waals surface area contributed by atoms with Crippen molar-refractivity contribution in [3.8, 4) is 11.1 Å². The van der Waals surface area contributed by atoms with E-state index >= 15 is 0 Å². The Hall–Kier alpha value is -1.16. The lowest BCUT2D eigenvalue weighted by Gasteiger charge is -2.00. The van der Waals surface area contributed by atoms with E-state index in [1.54, 1.807) is 11.3 Å². The van der Waals surface area contributed by atoms with E-state index in [-0.39, 0.29) is 6.61 Å². The van der Waals surface area contributed by atoms with E-state index < -0.39 is 0 Å². The van der Waals surface area contributed by atoms with Crippen LogP contribution in [0.5, 0.6) is 0 Å². The molecular weight excluding hydrogens is 230 g/mol. The molecule has 0 spiro atoms. The lowest BCUT2D eigenvalue weighted by atomic mass is 10.1. The van der Waals surface area contributed by atoms with Crippen molar-refractivity contribution in [1.29, 1.82) is 0 Å². The minimum atomic E-state index is 0.257. The monoisotopic (exact) mass is 247 g/mol. The third-order valence-corrected chi connectivity index (χ3v) is 3.51. The SMILES string of the molecule is OCCCNCc1cc(-c2ccccc2)cs1. The molecule has 0 aliphatic heterocycles. The summed E-state index contributed by atoms with van der Waals surface area (Å²) in [7, 11) is 0. The zero-order chi connectivity index (χ0) is 11.9. The Bertz CT molecular complexity index is 438. The molecule has 1 heterocycles. The van der Waals surface area contributed by atoms with Gasteiger partial charge in [0.2, 0.25) is 0 Å². The first kappa shape index (κ1) is 12.3. The summed E-state index contributed by atoms with van der Waals surface area (Å²) in [4.78, 5) is 1.33. The van der Waals surface area contributed by atoms with Gasteiger partial charge in [0.15, 0.2) is 0 Å². The van der Waals surface area contributed by atoms with Gasteiger partial charge in [0.25, 0.3) is 0 Å². The molecule has 3 heteroatoms. The number of aliphatic hydroxyl groups excluding tert-OH is 1. The number of thiophene rings is 1. The highest BCUT2D eigenvalue weighted by atomic mass is 32.1. The van der Waals surface area contributed by atoms with E-state index in [0.29, 0.717) is 0 Å². The first-order chi connectivity index (χ1) is 8.40. The van der Waals surface area contributed by atoms with Crippen LogP contribution in [0, 0.1) is 0 Å². The van der Waals surface area contributed by atoms with Crippen LogP contribution in [0.25, 0.3) is 11.1 Å². The molecule has 2 nitrogen and oxygen atoms in total. The van der Waals surface area contributed by atoms with Crippen LogP contribution in [0.3, 0.4) is 0 Å². The van der Waals surface area contributed by atoms with Crippen LogP contribution in [0.4, 0.5) is 0 Å². The highest BCUT2D eigenvalue weighted by Gasteiger charge is 2.01. The van der Waals surface area contributed by atoms with Crippen LogP contribution < -0.4 is 5.32 Å². The molecule has 2 rings (SSSR count). The Morgan fingerprint density at radius 1 is 1.12 bits per heavy atom. The predicted molar refractivity (Wildman–Crippen MR) is 73.2 cm³/mol. The van der Waals surface area contributed by atoms with E-state index in [2.05, 4.69) is 41.0 Å². The molecular formula is C14H17NOS. The molecule has 0 aliphatic carbocycles. The lowest BCUT2D eigenvalue weighted by Crippen LogP contribution is -2.14. The number of hydrogen-bond donors (Lipinski definition) is 2. The molecule has 90 valence electrons. The maximum atomic E-state index is 8.68. The van der Waals surface area contributed by atoms with E-state index in [1.165, 1.54) is 16.0 Å². The van der Waals surface area contributed by atoms with Gasteiger partial charge in [-0.3, -0.25) is 0 Å². The predicted octanol–water partition coefficient (Wildman–Crippen LogP) is 2.89. The van der Waals surface area contributed by atoms with Crippen molar-refractivity contribution in [2.75, 3.05) is 13.2 Å². The Morgan fingerprint density at radius 3 is 2.71 bits per heavy atom. The minimum Gasteiger partial charge on any atom is -0.396 e. The molecule has 0 radical (unpaired) electrons. The summed E-state index contributed by atoms with van der Waals surface area (Å²) < 4.78 is 0. The lowest BCUT2D eigenvalue weighted by molar-refractivity contribution is 0.286. The maximum absolute atomic E-state index is 8.68. The van der Waals surface area contributed by atoms with Gasteiger partial charge in [0, 0.05) is 18.0 Å². The van der Waals surface area contributed by atoms with Crippen molar-refractivity contribution in [3.05, 3.63) is 46.7 Å². The summed E-state index contributed by atoms with van der Waals surface area (Å²) in [6.07, 6.45) is 0.816. The number of rotatable bonds is 6. The normalized spacial score (nSPS) is 10.6. The fourth-order valence-electron chi connectivity index (χ4n) is 1.67. The van der Waals surface area contributed by atoms with Gasteiger partial charge in [-0.2, -0.15) is 0 Å². The Balaban J connectivity index is 1.92. The standard InChI is InChI=1S/C14H17NOS/c16-8-4-7-15-10-14-9-13(11-17-14)12-5-2-1-3-6-12/h1-3,5-6,9,11,15-16H,4,7-8,10H2. The molecule has 0 saturated carbocycles. The zero-order valence-corrected chi connectivity index (χ0v) is 10.5. The first-order valence-corrected chi connectivity index (χ1v) is 6.72. The second-order valence-electron chi connectivity index (χ2n) is 3.92. The highest BCUT2D eigenvalue weighted by molar-refractivity contribution is 7.10. The molecule has 1 aromatic heterocycles. The number of aliphatic hydroxyl groups is 1. The van der Waals surface area contributed by atoms with Crippen molar-refractivity contribution in [1.82, 2.24) is 5.32 Å². The van der Waals surface area contributed by atoms with Gasteiger partial charge < -0.3 is 10.4 Å². The number of hydrogen-bond acceptors (Lipinski definition) is 3. The van der Waals surface area contributed by atoms with Crippen molar-refractivity contribution < 1.29 is 5.11 Å². The second-order valence-corrected chi connectivity index (χ2v) is 4.92. The van der Waals surface area contributed by atoms with E-state index in [9.17, 15) is 0 Å². The van der Waals surface area contributed by atoms with E-state index in [0.717, 1.165) is 19.5 Å². The molecule has 0 fully saturated rings. The van der Waals surface area contributed by atoms with Gasteiger partial charge in [-0.05, 0) is 35.5 Å².